The smallest absolute Gasteiger partial charge is 0.423 e. The minimum absolute atomic E-state index is 0.558. The summed E-state index contributed by atoms with van der Waals surface area (Å²) < 4.78 is 2.58. The Morgan fingerprint density at radius 1 is 0.647 bits per heavy atom. The van der Waals surface area contributed by atoms with Gasteiger partial charge in [0.15, 0.2) is 9.66 Å². The molecule has 0 saturated heterocycles. The van der Waals surface area contributed by atoms with E-state index < -0.39 is 7.12 Å². The zero-order chi connectivity index (χ0) is 25.3. The van der Waals surface area contributed by atoms with Gasteiger partial charge in [0.25, 0.3) is 0 Å². The molecular weight excluding hydrogens is 674 g/mol. The number of benzene rings is 2. The lowest BCUT2D eigenvalue weighted by atomic mass is 9.79. The second kappa shape index (κ2) is 14.0. The normalized spacial score (nSPS) is 9.91. The third-order valence-electron chi connectivity index (χ3n) is 4.23. The maximum Gasteiger partial charge on any atom is 0.488 e. The molecule has 2 N–H and O–H groups in total. The fourth-order valence-corrected chi connectivity index (χ4v) is 3.71. The Labute approximate surface area is 230 Å². The second-order valence-electron chi connectivity index (χ2n) is 7.57. The van der Waals surface area contributed by atoms with Crippen LogP contribution in [0.1, 0.15) is 22.3 Å². The maximum atomic E-state index is 8.83. The van der Waals surface area contributed by atoms with Gasteiger partial charge in [0.05, 0.1) is 8.95 Å². The highest BCUT2D eigenvalue weighted by atomic mass is 127. The van der Waals surface area contributed by atoms with E-state index in [4.69, 9.17) is 10.0 Å². The van der Waals surface area contributed by atoms with Crippen molar-refractivity contribution >= 4 is 67.0 Å². The number of aromatic nitrogens is 4. The minimum Gasteiger partial charge on any atom is -0.423 e. The summed E-state index contributed by atoms with van der Waals surface area (Å²) in [5.74, 6) is 0.769. The van der Waals surface area contributed by atoms with Crippen molar-refractivity contribution in [2.45, 2.75) is 27.7 Å². The van der Waals surface area contributed by atoms with Gasteiger partial charge in [-0.2, -0.15) is 0 Å². The van der Waals surface area contributed by atoms with E-state index in [1.807, 2.05) is 19.9 Å². The Hall–Kier alpha value is -1.73. The Balaban J connectivity index is 0.000000190. The van der Waals surface area contributed by atoms with Crippen LogP contribution >= 0.6 is 54.5 Å². The van der Waals surface area contributed by atoms with Crippen molar-refractivity contribution in [3.05, 3.63) is 96.2 Å². The van der Waals surface area contributed by atoms with Crippen molar-refractivity contribution in [3.63, 3.8) is 0 Å². The van der Waals surface area contributed by atoms with Crippen LogP contribution in [0, 0.1) is 31.5 Å². The number of nitrogens with zero attached hydrogens (tertiary/aromatic N) is 4. The fourth-order valence-electron chi connectivity index (χ4n) is 3.02. The molecule has 0 radical (unpaired) electrons. The highest BCUT2D eigenvalue weighted by molar-refractivity contribution is 14.1. The first-order chi connectivity index (χ1) is 16.0. The molecule has 0 aliphatic heterocycles. The molecule has 0 unspecified atom stereocenters. The zero-order valence-electron chi connectivity index (χ0n) is 19.2. The van der Waals surface area contributed by atoms with E-state index in [9.17, 15) is 0 Å². The van der Waals surface area contributed by atoms with Gasteiger partial charge in [-0.15, -0.1) is 0 Å². The predicted octanol–water partition coefficient (Wildman–Crippen LogP) is 5.35. The van der Waals surface area contributed by atoms with Gasteiger partial charge in [-0.25, -0.2) is 19.9 Å². The Bertz CT molecular complexity index is 1150. The lowest BCUT2D eigenvalue weighted by Crippen LogP contribution is -2.30. The molecule has 10 heteroatoms. The van der Waals surface area contributed by atoms with Gasteiger partial charge < -0.3 is 10.0 Å². The molecule has 2 heterocycles. The molecule has 0 spiro atoms. The number of aryl methyl sites for hydroxylation is 4. The molecule has 0 atom stereocenters. The first kappa shape index (κ1) is 28.5. The number of hydrogen-bond donors (Lipinski definition) is 2. The molecule has 34 heavy (non-hydrogen) atoms. The van der Waals surface area contributed by atoms with Gasteiger partial charge in [-0.1, -0.05) is 46.5 Å². The van der Waals surface area contributed by atoms with Crippen LogP contribution < -0.4 is 5.46 Å². The molecule has 4 aromatic rings. The van der Waals surface area contributed by atoms with Crippen LogP contribution in [0.4, 0.5) is 0 Å². The van der Waals surface area contributed by atoms with Crippen LogP contribution in [0.15, 0.2) is 70.1 Å². The van der Waals surface area contributed by atoms with Gasteiger partial charge in [0, 0.05) is 52.9 Å². The van der Waals surface area contributed by atoms with Crippen LogP contribution in [0.3, 0.4) is 0 Å². The minimum atomic E-state index is -1.35. The average molecular weight is 698 g/mol. The van der Waals surface area contributed by atoms with Crippen LogP contribution in [0.5, 0.6) is 0 Å². The largest absolute Gasteiger partial charge is 0.488 e. The Morgan fingerprint density at radius 3 is 1.41 bits per heavy atom. The lowest BCUT2D eigenvalue weighted by molar-refractivity contribution is 0.425. The van der Waals surface area contributed by atoms with Crippen LogP contribution in [0.25, 0.3) is 11.4 Å². The highest BCUT2D eigenvalue weighted by Crippen LogP contribution is 2.19. The average Bonchev–Trinajstić information content (AvgIpc) is 2.76. The summed E-state index contributed by atoms with van der Waals surface area (Å²) in [5.41, 5.74) is 6.19. The van der Waals surface area contributed by atoms with Crippen molar-refractivity contribution in [1.29, 1.82) is 0 Å². The van der Waals surface area contributed by atoms with E-state index in [0.717, 1.165) is 35.3 Å². The van der Waals surface area contributed by atoms with E-state index in [2.05, 4.69) is 106 Å². The summed E-state index contributed by atoms with van der Waals surface area (Å²) >= 11 is 8.59. The van der Waals surface area contributed by atoms with Gasteiger partial charge in [-0.3, -0.25) is 0 Å². The van der Waals surface area contributed by atoms with Gasteiger partial charge in [0.1, 0.15) is 0 Å². The van der Waals surface area contributed by atoms with Crippen molar-refractivity contribution in [3.8, 4) is 11.4 Å². The van der Waals surface area contributed by atoms with Crippen LogP contribution in [-0.2, 0) is 0 Å². The standard InChI is InChI=1S/C12H11BrN2.C8H11BO2.C4H2BrIN2/c1-8-3-9(2)5-10(4-8)12-14-6-11(13)7-15-12;1-6-3-7(2)5-8(4-6)9(10)11;5-3-1-7-4(6)8-2-3/h3-7H,1-2H3;3-5,10-11H,1-2H3;1-2H. The lowest BCUT2D eigenvalue weighted by Gasteiger charge is -2.03. The third kappa shape index (κ3) is 10.3. The number of rotatable bonds is 2. The van der Waals surface area contributed by atoms with Crippen LogP contribution in [-0.4, -0.2) is 37.1 Å². The fraction of sp³-hybridized carbons (Fsp3) is 0.167. The summed E-state index contributed by atoms with van der Waals surface area (Å²) in [6.07, 6.45) is 6.96. The van der Waals surface area contributed by atoms with E-state index in [1.165, 1.54) is 11.1 Å². The molecule has 4 rings (SSSR count). The number of hydrogen-bond acceptors (Lipinski definition) is 6. The van der Waals surface area contributed by atoms with E-state index in [0.29, 0.717) is 5.46 Å². The molecule has 0 aliphatic carbocycles. The molecular formula is C24H24BBr2IN4O2. The quantitative estimate of drug-likeness (QED) is 0.167. The van der Waals surface area contributed by atoms with Gasteiger partial charge in [0.2, 0.25) is 0 Å². The number of halogens is 3. The summed E-state index contributed by atoms with van der Waals surface area (Å²) in [4.78, 5) is 16.4. The second-order valence-corrected chi connectivity index (χ2v) is 10.4. The van der Waals surface area contributed by atoms with Gasteiger partial charge in [-0.05, 0) is 77.2 Å². The molecule has 6 nitrogen and oxygen atoms in total. The van der Waals surface area contributed by atoms with E-state index in [1.54, 1.807) is 36.9 Å². The molecule has 0 fully saturated rings. The monoisotopic (exact) mass is 696 g/mol. The van der Waals surface area contributed by atoms with Crippen molar-refractivity contribution in [1.82, 2.24) is 19.9 Å². The third-order valence-corrected chi connectivity index (χ3v) is 5.61. The maximum absolute atomic E-state index is 8.83. The van der Waals surface area contributed by atoms with E-state index >= 15 is 0 Å². The molecule has 0 amide bonds. The predicted molar refractivity (Wildman–Crippen MR) is 153 cm³/mol. The summed E-state index contributed by atoms with van der Waals surface area (Å²) in [6.45, 7) is 8.02. The zero-order valence-corrected chi connectivity index (χ0v) is 24.5. The Morgan fingerprint density at radius 2 is 1.03 bits per heavy atom. The molecule has 2 aromatic carbocycles. The van der Waals surface area contributed by atoms with Crippen molar-refractivity contribution < 1.29 is 10.0 Å². The van der Waals surface area contributed by atoms with Gasteiger partial charge >= 0.3 is 7.12 Å². The first-order valence-electron chi connectivity index (χ1n) is 10.2. The molecule has 2 aromatic heterocycles. The Kier molecular flexibility index (Phi) is 11.7. The van der Waals surface area contributed by atoms with E-state index in [-0.39, 0.29) is 0 Å². The van der Waals surface area contributed by atoms with Crippen molar-refractivity contribution in [2.75, 3.05) is 0 Å². The van der Waals surface area contributed by atoms with Crippen LogP contribution in [0.2, 0.25) is 0 Å². The SMILES string of the molecule is Brc1cnc(I)nc1.Cc1cc(C)cc(-c2ncc(Br)cn2)c1.Cc1cc(C)cc(B(O)O)c1. The summed E-state index contributed by atoms with van der Waals surface area (Å²) in [7, 11) is -1.35. The summed E-state index contributed by atoms with van der Waals surface area (Å²) in [5, 5.41) is 17.7. The highest BCUT2D eigenvalue weighted by Gasteiger charge is 2.10. The topological polar surface area (TPSA) is 92.0 Å². The first-order valence-corrected chi connectivity index (χ1v) is 12.8. The molecule has 0 aliphatic rings. The summed E-state index contributed by atoms with van der Waals surface area (Å²) in [6, 6.07) is 11.8. The van der Waals surface area contributed by atoms with Crippen molar-refractivity contribution in [2.24, 2.45) is 0 Å². The molecule has 176 valence electrons. The molecule has 0 saturated carbocycles. The molecule has 0 bridgehead atoms.